The Morgan fingerprint density at radius 1 is 1.17 bits per heavy atom. The number of Topliss-reactive ketones (excluding diaryl/α,β-unsaturated/α-hetero) is 1. The third-order valence-corrected chi connectivity index (χ3v) is 6.53. The van der Waals surface area contributed by atoms with E-state index in [0.29, 0.717) is 23.3 Å². The number of allylic oxidation sites excluding steroid dienone is 2. The Morgan fingerprint density at radius 3 is 2.60 bits per heavy atom. The molecule has 0 fully saturated rings. The Hall–Kier alpha value is -2.95. The summed E-state index contributed by atoms with van der Waals surface area (Å²) >= 11 is 0. The minimum atomic E-state index is -3.26. The van der Waals surface area contributed by atoms with E-state index in [2.05, 4.69) is 24.6 Å². The van der Waals surface area contributed by atoms with Gasteiger partial charge in [-0.25, -0.2) is 13.1 Å². The van der Waals surface area contributed by atoms with E-state index in [0.717, 1.165) is 34.1 Å². The SMILES string of the molecule is CC1(C)C2=C(C(=O)c3ccc(OCCNS(C)(=O)=O)cc31)c1ccc(C#N)cc1C2. The van der Waals surface area contributed by atoms with Crippen LogP contribution in [-0.4, -0.2) is 33.6 Å². The number of carbonyl (C=O) groups excluding carboxylic acids is 1. The van der Waals surface area contributed by atoms with Crippen LogP contribution in [-0.2, 0) is 21.9 Å². The van der Waals surface area contributed by atoms with Gasteiger partial charge in [-0.05, 0) is 59.0 Å². The number of sulfonamides is 1. The van der Waals surface area contributed by atoms with Crippen LogP contribution in [0.1, 0.15) is 46.5 Å². The van der Waals surface area contributed by atoms with Gasteiger partial charge in [-0.1, -0.05) is 19.9 Å². The second-order valence-electron chi connectivity index (χ2n) is 8.19. The molecule has 0 bridgehead atoms. The molecule has 1 N–H and O–H groups in total. The topological polar surface area (TPSA) is 96.3 Å². The van der Waals surface area contributed by atoms with Crippen molar-refractivity contribution in [2.75, 3.05) is 19.4 Å². The van der Waals surface area contributed by atoms with Gasteiger partial charge in [-0.3, -0.25) is 4.79 Å². The van der Waals surface area contributed by atoms with Gasteiger partial charge in [0, 0.05) is 23.1 Å². The van der Waals surface area contributed by atoms with E-state index < -0.39 is 10.0 Å². The Labute approximate surface area is 176 Å². The Bertz CT molecular complexity index is 1250. The molecule has 6 nitrogen and oxygen atoms in total. The summed E-state index contributed by atoms with van der Waals surface area (Å²) in [5, 5.41) is 9.21. The molecule has 4 rings (SSSR count). The summed E-state index contributed by atoms with van der Waals surface area (Å²) in [6.45, 7) is 4.56. The number of nitrogens with one attached hydrogen (secondary N) is 1. The highest BCUT2D eigenvalue weighted by Gasteiger charge is 2.42. The molecule has 30 heavy (non-hydrogen) atoms. The third kappa shape index (κ3) is 3.42. The number of benzene rings is 2. The number of nitrogens with zero attached hydrogens (tertiary/aromatic N) is 1. The molecule has 0 saturated carbocycles. The number of rotatable bonds is 5. The predicted octanol–water partition coefficient (Wildman–Crippen LogP) is 2.97. The molecule has 0 aliphatic heterocycles. The van der Waals surface area contributed by atoms with Crippen LogP contribution in [0.5, 0.6) is 5.75 Å². The van der Waals surface area contributed by atoms with Crippen molar-refractivity contribution in [2.45, 2.75) is 25.7 Å². The van der Waals surface area contributed by atoms with Crippen molar-refractivity contribution in [3.8, 4) is 11.8 Å². The molecule has 0 atom stereocenters. The molecular formula is C23H22N2O4S. The van der Waals surface area contributed by atoms with Gasteiger partial charge in [0.25, 0.3) is 0 Å². The van der Waals surface area contributed by atoms with Crippen LogP contribution in [0.2, 0.25) is 0 Å². The molecule has 0 saturated heterocycles. The van der Waals surface area contributed by atoms with Gasteiger partial charge < -0.3 is 4.74 Å². The normalized spacial score (nSPS) is 16.5. The lowest BCUT2D eigenvalue weighted by molar-refractivity contribution is 0.105. The number of hydrogen-bond donors (Lipinski definition) is 1. The maximum Gasteiger partial charge on any atom is 0.208 e. The average Bonchev–Trinajstić information content (AvgIpc) is 3.09. The number of hydrogen-bond acceptors (Lipinski definition) is 5. The fraction of sp³-hybridized carbons (Fsp3) is 0.304. The molecule has 2 aromatic carbocycles. The van der Waals surface area contributed by atoms with Gasteiger partial charge in [0.1, 0.15) is 12.4 Å². The van der Waals surface area contributed by atoms with Crippen LogP contribution in [0.4, 0.5) is 0 Å². The van der Waals surface area contributed by atoms with Crippen molar-refractivity contribution in [1.82, 2.24) is 4.72 Å². The van der Waals surface area contributed by atoms with Crippen LogP contribution in [0.25, 0.3) is 5.57 Å². The second-order valence-corrected chi connectivity index (χ2v) is 10.0. The lowest BCUT2D eigenvalue weighted by atomic mass is 9.68. The van der Waals surface area contributed by atoms with Crippen LogP contribution in [0.3, 0.4) is 0 Å². The first kappa shape index (κ1) is 20.3. The third-order valence-electron chi connectivity index (χ3n) is 5.80. The lowest BCUT2D eigenvalue weighted by Gasteiger charge is -2.34. The fourth-order valence-electron chi connectivity index (χ4n) is 4.31. The minimum absolute atomic E-state index is 0.00641. The number of fused-ring (bicyclic) bond motifs is 3. The highest BCUT2D eigenvalue weighted by Crippen LogP contribution is 2.50. The van der Waals surface area contributed by atoms with Crippen molar-refractivity contribution in [1.29, 1.82) is 5.26 Å². The van der Waals surface area contributed by atoms with Gasteiger partial charge in [0.2, 0.25) is 10.0 Å². The van der Waals surface area contributed by atoms with E-state index in [9.17, 15) is 18.5 Å². The summed E-state index contributed by atoms with van der Waals surface area (Å²) < 4.78 is 30.4. The van der Waals surface area contributed by atoms with Crippen molar-refractivity contribution in [3.05, 3.63) is 69.8 Å². The lowest BCUT2D eigenvalue weighted by Crippen LogP contribution is -2.30. The molecule has 0 aromatic heterocycles. The van der Waals surface area contributed by atoms with Gasteiger partial charge >= 0.3 is 0 Å². The van der Waals surface area contributed by atoms with Crippen LogP contribution in [0.15, 0.2) is 42.0 Å². The Morgan fingerprint density at radius 2 is 1.90 bits per heavy atom. The summed E-state index contributed by atoms with van der Waals surface area (Å²) in [7, 11) is -3.26. The second kappa shape index (κ2) is 7.08. The van der Waals surface area contributed by atoms with Crippen molar-refractivity contribution >= 4 is 21.4 Å². The first-order valence-electron chi connectivity index (χ1n) is 9.65. The van der Waals surface area contributed by atoms with Crippen LogP contribution >= 0.6 is 0 Å². The summed E-state index contributed by atoms with van der Waals surface area (Å²) in [5.41, 5.74) is 5.49. The Kier molecular flexibility index (Phi) is 4.80. The maximum atomic E-state index is 13.3. The van der Waals surface area contributed by atoms with E-state index in [4.69, 9.17) is 4.74 Å². The van der Waals surface area contributed by atoms with Crippen molar-refractivity contribution < 1.29 is 17.9 Å². The number of ether oxygens (including phenoxy) is 1. The molecule has 0 unspecified atom stereocenters. The summed E-state index contributed by atoms with van der Waals surface area (Å²) in [6, 6.07) is 13.1. The smallest absolute Gasteiger partial charge is 0.208 e. The maximum absolute atomic E-state index is 13.3. The molecule has 154 valence electrons. The number of nitriles is 1. The summed E-state index contributed by atoms with van der Waals surface area (Å²) in [6.07, 6.45) is 1.74. The summed E-state index contributed by atoms with van der Waals surface area (Å²) in [5.74, 6) is 0.587. The first-order valence-corrected chi connectivity index (χ1v) is 11.5. The molecule has 0 heterocycles. The molecule has 7 heteroatoms. The zero-order valence-corrected chi connectivity index (χ0v) is 17.9. The Balaban J connectivity index is 1.65. The zero-order chi connectivity index (χ0) is 21.7. The molecule has 2 aliphatic rings. The number of ketones is 1. The van der Waals surface area contributed by atoms with E-state index >= 15 is 0 Å². The van der Waals surface area contributed by atoms with Gasteiger partial charge in [-0.15, -0.1) is 0 Å². The number of carbonyl (C=O) groups is 1. The minimum Gasteiger partial charge on any atom is -0.492 e. The van der Waals surface area contributed by atoms with E-state index in [1.165, 1.54) is 0 Å². The van der Waals surface area contributed by atoms with Crippen molar-refractivity contribution in [2.24, 2.45) is 0 Å². The fourth-order valence-corrected chi connectivity index (χ4v) is 4.76. The van der Waals surface area contributed by atoms with Crippen LogP contribution < -0.4 is 9.46 Å². The van der Waals surface area contributed by atoms with Gasteiger partial charge in [0.15, 0.2) is 5.78 Å². The largest absolute Gasteiger partial charge is 0.492 e. The zero-order valence-electron chi connectivity index (χ0n) is 17.1. The van der Waals surface area contributed by atoms with Gasteiger partial charge in [0.05, 0.1) is 17.9 Å². The highest BCUT2D eigenvalue weighted by molar-refractivity contribution is 7.88. The van der Waals surface area contributed by atoms with Crippen LogP contribution in [0, 0.1) is 11.3 Å². The quantitative estimate of drug-likeness (QED) is 0.748. The molecule has 2 aliphatic carbocycles. The summed E-state index contributed by atoms with van der Waals surface area (Å²) in [4.78, 5) is 13.3. The van der Waals surface area contributed by atoms with E-state index in [1.54, 1.807) is 18.2 Å². The standard InChI is InChI=1S/C23H22N2O4S/c1-23(2)19-12-16(29-9-8-25-30(3,27)28)5-7-18(19)22(26)21-17-6-4-14(13-24)10-15(17)11-20(21)23/h4-7,10,12,25H,8-9,11H2,1-3H3. The molecular weight excluding hydrogens is 400 g/mol. The molecule has 0 spiro atoms. The molecule has 0 amide bonds. The molecule has 0 radical (unpaired) electrons. The molecule has 2 aromatic rings. The van der Waals surface area contributed by atoms with Crippen molar-refractivity contribution in [3.63, 3.8) is 0 Å². The van der Waals surface area contributed by atoms with E-state index in [1.807, 2.05) is 18.2 Å². The van der Waals surface area contributed by atoms with Gasteiger partial charge in [-0.2, -0.15) is 5.26 Å². The van der Waals surface area contributed by atoms with E-state index in [-0.39, 0.29) is 24.3 Å². The monoisotopic (exact) mass is 422 g/mol. The highest BCUT2D eigenvalue weighted by atomic mass is 32.2. The average molecular weight is 423 g/mol. The predicted molar refractivity (Wildman–Crippen MR) is 114 cm³/mol. The first-order chi connectivity index (χ1) is 14.1.